The van der Waals surface area contributed by atoms with Crippen LogP contribution in [0.4, 0.5) is 11.4 Å². The number of rotatable bonds is 7. The van der Waals surface area contributed by atoms with E-state index in [9.17, 15) is 9.59 Å². The number of hydrogen-bond donors (Lipinski definition) is 2. The molecular weight excluding hydrogens is 450 g/mol. The minimum Gasteiger partial charge on any atom is -0.325 e. The predicted molar refractivity (Wildman–Crippen MR) is 139 cm³/mol. The van der Waals surface area contributed by atoms with Crippen molar-refractivity contribution in [3.63, 3.8) is 0 Å². The summed E-state index contributed by atoms with van der Waals surface area (Å²) >= 11 is 2.92. The molecule has 2 N–H and O–H groups in total. The molecule has 0 aliphatic rings. The van der Waals surface area contributed by atoms with E-state index in [0.29, 0.717) is 11.5 Å². The number of carbonyl (C=O) groups excluding carboxylic acids is 2. The van der Waals surface area contributed by atoms with Crippen LogP contribution in [0.3, 0.4) is 0 Å². The molecule has 0 radical (unpaired) electrons. The number of thiazole rings is 1. The van der Waals surface area contributed by atoms with Gasteiger partial charge in [-0.1, -0.05) is 55.4 Å². The molecule has 1 heterocycles. The van der Waals surface area contributed by atoms with Crippen molar-refractivity contribution in [3.05, 3.63) is 83.4 Å². The normalized spacial score (nSPS) is 11.0. The van der Waals surface area contributed by atoms with Gasteiger partial charge in [-0.2, -0.15) is 0 Å². The van der Waals surface area contributed by atoms with E-state index < -0.39 is 0 Å². The van der Waals surface area contributed by atoms with E-state index in [2.05, 4.69) is 29.5 Å². The molecule has 4 aromatic rings. The van der Waals surface area contributed by atoms with Crippen LogP contribution in [0.15, 0.2) is 71.1 Å². The zero-order valence-electron chi connectivity index (χ0n) is 18.7. The second-order valence-electron chi connectivity index (χ2n) is 8.10. The van der Waals surface area contributed by atoms with E-state index in [1.807, 2.05) is 73.7 Å². The number of anilines is 2. The Morgan fingerprint density at radius 3 is 2.33 bits per heavy atom. The Hall–Kier alpha value is -3.16. The number of hydrogen-bond acceptors (Lipinski definition) is 5. The third-order valence-corrected chi connectivity index (χ3v) is 7.29. The van der Waals surface area contributed by atoms with Crippen LogP contribution in [0, 0.1) is 6.92 Å². The maximum atomic E-state index is 12.5. The van der Waals surface area contributed by atoms with E-state index in [-0.39, 0.29) is 17.6 Å². The van der Waals surface area contributed by atoms with Crippen LogP contribution in [0.5, 0.6) is 0 Å². The molecule has 0 aliphatic carbocycles. The molecular formula is C26H25N3O2S2. The average Bonchev–Trinajstić information content (AvgIpc) is 3.21. The first kappa shape index (κ1) is 23.0. The van der Waals surface area contributed by atoms with Gasteiger partial charge in [0.25, 0.3) is 5.91 Å². The van der Waals surface area contributed by atoms with Crippen molar-refractivity contribution in [1.82, 2.24) is 4.98 Å². The lowest BCUT2D eigenvalue weighted by atomic mass is 10.0. The van der Waals surface area contributed by atoms with E-state index in [0.717, 1.165) is 31.5 Å². The predicted octanol–water partition coefficient (Wildman–Crippen LogP) is 6.71. The van der Waals surface area contributed by atoms with Crippen molar-refractivity contribution < 1.29 is 9.59 Å². The Labute approximate surface area is 201 Å². The van der Waals surface area contributed by atoms with Gasteiger partial charge in [-0.05, 0) is 60.9 Å². The quantitative estimate of drug-likeness (QED) is 0.291. The highest BCUT2D eigenvalue weighted by atomic mass is 32.2. The molecule has 0 atom stereocenters. The number of nitrogens with one attached hydrogen (secondary N) is 2. The molecule has 2 amide bonds. The zero-order valence-corrected chi connectivity index (χ0v) is 20.3. The number of aromatic nitrogens is 1. The Balaban J connectivity index is 1.35. The van der Waals surface area contributed by atoms with E-state index in [4.69, 9.17) is 0 Å². The Morgan fingerprint density at radius 1 is 0.939 bits per heavy atom. The highest BCUT2D eigenvalue weighted by Gasteiger charge is 2.11. The van der Waals surface area contributed by atoms with Crippen molar-refractivity contribution in [1.29, 1.82) is 0 Å². The van der Waals surface area contributed by atoms with Crippen molar-refractivity contribution in [2.75, 3.05) is 16.4 Å². The minimum absolute atomic E-state index is 0.0670. The topological polar surface area (TPSA) is 71.1 Å². The number of nitrogens with zero attached hydrogens (tertiary/aromatic N) is 1. The third-order valence-electron chi connectivity index (χ3n) is 5.13. The van der Waals surface area contributed by atoms with Crippen molar-refractivity contribution in [2.45, 2.75) is 31.0 Å². The van der Waals surface area contributed by atoms with Gasteiger partial charge in [0.1, 0.15) is 0 Å². The summed E-state index contributed by atoms with van der Waals surface area (Å²) in [4.78, 5) is 29.4. The second kappa shape index (κ2) is 10.2. The lowest BCUT2D eigenvalue weighted by Crippen LogP contribution is -2.13. The summed E-state index contributed by atoms with van der Waals surface area (Å²) in [7, 11) is 0. The molecule has 168 valence electrons. The van der Waals surface area contributed by atoms with Crippen molar-refractivity contribution in [2.24, 2.45) is 0 Å². The summed E-state index contributed by atoms with van der Waals surface area (Å²) in [6.07, 6.45) is 0. The molecule has 33 heavy (non-hydrogen) atoms. The van der Waals surface area contributed by atoms with E-state index in [1.54, 1.807) is 0 Å². The van der Waals surface area contributed by atoms with Gasteiger partial charge in [0, 0.05) is 16.9 Å². The maximum absolute atomic E-state index is 12.5. The number of aryl methyl sites for hydroxylation is 1. The number of carbonyl (C=O) groups is 2. The summed E-state index contributed by atoms with van der Waals surface area (Å²) in [6.45, 7) is 6.27. The Bertz CT molecular complexity index is 1280. The fourth-order valence-corrected chi connectivity index (χ4v) is 5.13. The van der Waals surface area contributed by atoms with Gasteiger partial charge in [0.05, 0.1) is 16.0 Å². The van der Waals surface area contributed by atoms with Gasteiger partial charge in [-0.15, -0.1) is 11.3 Å². The molecule has 3 aromatic carbocycles. The third kappa shape index (κ3) is 6.00. The first-order valence-corrected chi connectivity index (χ1v) is 12.5. The number of fused-ring (bicyclic) bond motifs is 1. The van der Waals surface area contributed by atoms with Gasteiger partial charge >= 0.3 is 0 Å². The first-order chi connectivity index (χ1) is 15.9. The molecule has 0 unspecified atom stereocenters. The molecule has 0 saturated heterocycles. The fraction of sp³-hybridized carbons (Fsp3) is 0.192. The van der Waals surface area contributed by atoms with Crippen LogP contribution in [0.2, 0.25) is 0 Å². The number of thioether (sulfide) groups is 1. The van der Waals surface area contributed by atoms with Gasteiger partial charge in [0.15, 0.2) is 4.34 Å². The molecule has 0 spiro atoms. The summed E-state index contributed by atoms with van der Waals surface area (Å²) < 4.78 is 1.78. The maximum Gasteiger partial charge on any atom is 0.255 e. The van der Waals surface area contributed by atoms with E-state index >= 15 is 0 Å². The van der Waals surface area contributed by atoms with Crippen LogP contribution >= 0.6 is 23.1 Å². The van der Waals surface area contributed by atoms with Crippen LogP contribution in [-0.4, -0.2) is 22.6 Å². The molecule has 0 saturated carbocycles. The smallest absolute Gasteiger partial charge is 0.255 e. The summed E-state index contributed by atoms with van der Waals surface area (Å²) in [5, 5.41) is 5.87. The van der Waals surface area contributed by atoms with Crippen LogP contribution in [0.25, 0.3) is 10.2 Å². The minimum atomic E-state index is -0.147. The summed E-state index contributed by atoms with van der Waals surface area (Å²) in [5.41, 5.74) is 5.33. The Kier molecular flexibility index (Phi) is 7.11. The van der Waals surface area contributed by atoms with E-state index in [1.165, 1.54) is 28.7 Å². The highest BCUT2D eigenvalue weighted by molar-refractivity contribution is 8.01. The van der Waals surface area contributed by atoms with Gasteiger partial charge in [-0.25, -0.2) is 4.98 Å². The van der Waals surface area contributed by atoms with Gasteiger partial charge < -0.3 is 10.6 Å². The molecule has 5 nitrogen and oxygen atoms in total. The monoisotopic (exact) mass is 475 g/mol. The Morgan fingerprint density at radius 2 is 1.64 bits per heavy atom. The highest BCUT2D eigenvalue weighted by Crippen LogP contribution is 2.31. The van der Waals surface area contributed by atoms with Crippen molar-refractivity contribution >= 4 is 56.5 Å². The molecule has 4 rings (SSSR count). The second-order valence-corrected chi connectivity index (χ2v) is 10.3. The van der Waals surface area contributed by atoms with Gasteiger partial charge in [0.2, 0.25) is 5.91 Å². The van der Waals surface area contributed by atoms with Gasteiger partial charge in [-0.3, -0.25) is 9.59 Å². The fourth-order valence-electron chi connectivity index (χ4n) is 3.23. The molecule has 0 fully saturated rings. The molecule has 0 bridgehead atoms. The number of benzene rings is 3. The lowest BCUT2D eigenvalue weighted by molar-refractivity contribution is -0.113. The van der Waals surface area contributed by atoms with Crippen molar-refractivity contribution in [3.8, 4) is 0 Å². The largest absolute Gasteiger partial charge is 0.325 e. The molecule has 0 aliphatic heterocycles. The summed E-state index contributed by atoms with van der Waals surface area (Å²) in [6, 6.07) is 21.1. The summed E-state index contributed by atoms with van der Waals surface area (Å²) in [5.74, 6) is 0.526. The standard InChI is InChI=1S/C26H25N3O2S2/c1-16(2)18-8-10-20(11-9-18)27-24(30)15-32-26-29-22-13-12-21(14-23(22)33-26)28-25(31)19-6-4-17(3)5-7-19/h4-14,16H,15H2,1-3H3,(H,27,30)(H,28,31). The van der Waals surface area contributed by atoms with Crippen LogP contribution in [-0.2, 0) is 4.79 Å². The van der Waals surface area contributed by atoms with Crippen LogP contribution < -0.4 is 10.6 Å². The lowest BCUT2D eigenvalue weighted by Gasteiger charge is -2.08. The number of amides is 2. The molecule has 7 heteroatoms. The SMILES string of the molecule is Cc1ccc(C(=O)Nc2ccc3nc(SCC(=O)Nc4ccc(C(C)C)cc4)sc3c2)cc1. The van der Waals surface area contributed by atoms with Crippen LogP contribution in [0.1, 0.15) is 41.3 Å². The first-order valence-electron chi connectivity index (χ1n) is 10.7. The molecule has 1 aromatic heterocycles. The zero-order chi connectivity index (χ0) is 23.4. The average molecular weight is 476 g/mol.